The zero-order valence-electron chi connectivity index (χ0n) is 12.1. The highest BCUT2D eigenvalue weighted by molar-refractivity contribution is 5.94. The van der Waals surface area contributed by atoms with Crippen molar-refractivity contribution < 1.29 is 9.53 Å². The molecule has 104 valence electrons. The van der Waals surface area contributed by atoms with Crippen molar-refractivity contribution in [2.45, 2.75) is 45.8 Å². The van der Waals surface area contributed by atoms with Crippen LogP contribution >= 0.6 is 0 Å². The number of likely N-dealkylation sites (tertiary alicyclic amines) is 1. The van der Waals surface area contributed by atoms with E-state index in [0.717, 1.165) is 31.5 Å². The van der Waals surface area contributed by atoms with Gasteiger partial charge in [0.15, 0.2) is 0 Å². The van der Waals surface area contributed by atoms with Gasteiger partial charge in [-0.25, -0.2) is 0 Å². The van der Waals surface area contributed by atoms with Crippen LogP contribution in [0.2, 0.25) is 0 Å². The van der Waals surface area contributed by atoms with E-state index in [1.54, 1.807) is 0 Å². The van der Waals surface area contributed by atoms with E-state index in [2.05, 4.69) is 13.8 Å². The second-order valence-electron chi connectivity index (χ2n) is 5.54. The van der Waals surface area contributed by atoms with Crippen molar-refractivity contribution >= 4 is 5.91 Å². The second kappa shape index (κ2) is 6.20. The molecule has 1 saturated heterocycles. The molecule has 0 spiro atoms. The van der Waals surface area contributed by atoms with Crippen molar-refractivity contribution in [1.82, 2.24) is 4.90 Å². The van der Waals surface area contributed by atoms with Gasteiger partial charge in [0.2, 0.25) is 0 Å². The third-order valence-corrected chi connectivity index (χ3v) is 3.49. The van der Waals surface area contributed by atoms with Crippen molar-refractivity contribution in [2.24, 2.45) is 0 Å². The lowest BCUT2D eigenvalue weighted by Gasteiger charge is -2.32. The van der Waals surface area contributed by atoms with Gasteiger partial charge in [-0.2, -0.15) is 0 Å². The number of amides is 1. The summed E-state index contributed by atoms with van der Waals surface area (Å²) in [6.07, 6.45) is 2.46. The first kappa shape index (κ1) is 14.1. The minimum atomic E-state index is 0.142. The van der Waals surface area contributed by atoms with E-state index in [4.69, 9.17) is 4.74 Å². The molecule has 19 heavy (non-hydrogen) atoms. The molecule has 1 aliphatic rings. The molecule has 2 rings (SSSR count). The quantitative estimate of drug-likeness (QED) is 0.837. The summed E-state index contributed by atoms with van der Waals surface area (Å²) < 4.78 is 5.80. The fraction of sp³-hybridized carbons (Fsp3) is 0.562. The fourth-order valence-corrected chi connectivity index (χ4v) is 2.46. The van der Waals surface area contributed by atoms with Crippen LogP contribution in [0.4, 0.5) is 0 Å². The summed E-state index contributed by atoms with van der Waals surface area (Å²) in [5.41, 5.74) is 1.97. The molecule has 0 unspecified atom stereocenters. The Morgan fingerprint density at radius 2 is 1.79 bits per heavy atom. The molecule has 0 aliphatic carbocycles. The normalized spacial score (nSPS) is 16.9. The second-order valence-corrected chi connectivity index (χ2v) is 5.54. The Balaban J connectivity index is 1.90. The number of piperidine rings is 1. The lowest BCUT2D eigenvalue weighted by Crippen LogP contribution is -2.41. The maximum Gasteiger partial charge on any atom is 0.253 e. The lowest BCUT2D eigenvalue weighted by atomic mass is 10.1. The highest BCUT2D eigenvalue weighted by atomic mass is 16.5. The molecule has 0 radical (unpaired) electrons. The molecule has 1 aliphatic heterocycles. The predicted molar refractivity (Wildman–Crippen MR) is 76.3 cm³/mol. The van der Waals surface area contributed by atoms with Gasteiger partial charge in [-0.05, 0) is 45.7 Å². The minimum absolute atomic E-state index is 0.142. The molecule has 1 aromatic rings. The van der Waals surface area contributed by atoms with E-state index in [-0.39, 0.29) is 12.0 Å². The molecule has 1 amide bonds. The summed E-state index contributed by atoms with van der Waals surface area (Å²) in [7, 11) is 0. The smallest absolute Gasteiger partial charge is 0.253 e. The molecule has 0 bridgehead atoms. The van der Waals surface area contributed by atoms with Crippen LogP contribution in [-0.2, 0) is 4.74 Å². The molecule has 3 nitrogen and oxygen atoms in total. The van der Waals surface area contributed by atoms with Crippen molar-refractivity contribution in [3.05, 3.63) is 35.4 Å². The Morgan fingerprint density at radius 3 is 2.32 bits per heavy atom. The van der Waals surface area contributed by atoms with Crippen molar-refractivity contribution in [2.75, 3.05) is 13.1 Å². The highest BCUT2D eigenvalue weighted by Crippen LogP contribution is 2.17. The zero-order valence-corrected chi connectivity index (χ0v) is 12.1. The van der Waals surface area contributed by atoms with E-state index >= 15 is 0 Å². The number of nitrogens with zero attached hydrogens (tertiary/aromatic N) is 1. The largest absolute Gasteiger partial charge is 0.375 e. The van der Waals surface area contributed by atoms with Crippen LogP contribution in [-0.4, -0.2) is 36.1 Å². The number of benzene rings is 1. The van der Waals surface area contributed by atoms with Crippen LogP contribution in [0.1, 0.15) is 42.6 Å². The Hall–Kier alpha value is -1.35. The molecule has 0 saturated carbocycles. The Labute approximate surface area is 115 Å². The first-order valence-electron chi connectivity index (χ1n) is 7.07. The number of hydrogen-bond donors (Lipinski definition) is 0. The van der Waals surface area contributed by atoms with Gasteiger partial charge in [-0.15, -0.1) is 0 Å². The molecule has 1 fully saturated rings. The topological polar surface area (TPSA) is 29.5 Å². The summed E-state index contributed by atoms with van der Waals surface area (Å²) in [5.74, 6) is 0.142. The van der Waals surface area contributed by atoms with Gasteiger partial charge in [0, 0.05) is 18.7 Å². The number of carbonyl (C=O) groups is 1. The van der Waals surface area contributed by atoms with Gasteiger partial charge in [0.25, 0.3) is 5.91 Å². The Morgan fingerprint density at radius 1 is 1.21 bits per heavy atom. The number of carbonyl (C=O) groups excluding carboxylic acids is 1. The van der Waals surface area contributed by atoms with Gasteiger partial charge in [-0.3, -0.25) is 4.79 Å². The molecule has 3 heteroatoms. The first-order chi connectivity index (χ1) is 9.06. The van der Waals surface area contributed by atoms with Crippen LogP contribution in [0, 0.1) is 6.92 Å². The summed E-state index contributed by atoms with van der Waals surface area (Å²) in [4.78, 5) is 14.3. The van der Waals surface area contributed by atoms with Gasteiger partial charge in [-0.1, -0.05) is 17.7 Å². The van der Waals surface area contributed by atoms with Gasteiger partial charge in [0.05, 0.1) is 12.2 Å². The van der Waals surface area contributed by atoms with Gasteiger partial charge >= 0.3 is 0 Å². The summed E-state index contributed by atoms with van der Waals surface area (Å²) in [6, 6.07) is 7.80. The van der Waals surface area contributed by atoms with E-state index < -0.39 is 0 Å². The van der Waals surface area contributed by atoms with Crippen LogP contribution in [0.5, 0.6) is 0 Å². The van der Waals surface area contributed by atoms with E-state index in [1.165, 1.54) is 5.56 Å². The number of rotatable bonds is 3. The molecule has 1 aromatic carbocycles. The third-order valence-electron chi connectivity index (χ3n) is 3.49. The Bertz CT molecular complexity index is 417. The summed E-state index contributed by atoms with van der Waals surface area (Å²) in [5, 5.41) is 0. The molecular formula is C16H23NO2. The number of hydrogen-bond acceptors (Lipinski definition) is 2. The number of ether oxygens (including phenoxy) is 1. The zero-order chi connectivity index (χ0) is 13.8. The maximum atomic E-state index is 12.3. The average molecular weight is 261 g/mol. The molecular weight excluding hydrogens is 238 g/mol. The van der Waals surface area contributed by atoms with Crippen LogP contribution in [0.15, 0.2) is 24.3 Å². The highest BCUT2D eigenvalue weighted by Gasteiger charge is 2.24. The van der Waals surface area contributed by atoms with E-state index in [0.29, 0.717) is 6.10 Å². The van der Waals surface area contributed by atoms with Crippen LogP contribution < -0.4 is 0 Å². The standard InChI is InChI=1S/C16H23NO2/c1-12(2)19-15-8-10-17(11-9-15)16(18)14-6-4-13(3)5-7-14/h4-7,12,15H,8-11H2,1-3H3. The summed E-state index contributed by atoms with van der Waals surface area (Å²) >= 11 is 0. The van der Waals surface area contributed by atoms with Gasteiger partial charge < -0.3 is 9.64 Å². The SMILES string of the molecule is Cc1ccc(C(=O)N2CCC(OC(C)C)CC2)cc1. The predicted octanol–water partition coefficient (Wildman–Crippen LogP) is 3.02. The molecule has 0 atom stereocenters. The monoisotopic (exact) mass is 261 g/mol. The fourth-order valence-electron chi connectivity index (χ4n) is 2.46. The lowest BCUT2D eigenvalue weighted by molar-refractivity contribution is -0.0236. The number of aryl methyl sites for hydroxylation is 1. The molecule has 0 aromatic heterocycles. The third kappa shape index (κ3) is 3.80. The first-order valence-corrected chi connectivity index (χ1v) is 7.07. The average Bonchev–Trinajstić information content (AvgIpc) is 2.39. The Kier molecular flexibility index (Phi) is 4.59. The summed E-state index contributed by atoms with van der Waals surface area (Å²) in [6.45, 7) is 7.74. The molecule has 0 N–H and O–H groups in total. The maximum absolute atomic E-state index is 12.3. The van der Waals surface area contributed by atoms with Gasteiger partial charge in [0.1, 0.15) is 0 Å². The van der Waals surface area contributed by atoms with Crippen LogP contribution in [0.3, 0.4) is 0 Å². The van der Waals surface area contributed by atoms with Crippen molar-refractivity contribution in [3.8, 4) is 0 Å². The van der Waals surface area contributed by atoms with Crippen molar-refractivity contribution in [1.29, 1.82) is 0 Å². The van der Waals surface area contributed by atoms with Crippen LogP contribution in [0.25, 0.3) is 0 Å². The van der Waals surface area contributed by atoms with E-state index in [9.17, 15) is 4.79 Å². The minimum Gasteiger partial charge on any atom is -0.375 e. The molecule has 1 heterocycles. The van der Waals surface area contributed by atoms with Crippen molar-refractivity contribution in [3.63, 3.8) is 0 Å². The van der Waals surface area contributed by atoms with E-state index in [1.807, 2.05) is 36.1 Å².